The summed E-state index contributed by atoms with van der Waals surface area (Å²) < 4.78 is 28.7. The predicted octanol–water partition coefficient (Wildman–Crippen LogP) is 9.09. The molecular formula is C54H58N6O10. The number of nitrogens with one attached hydrogen (secondary N) is 2. The van der Waals surface area contributed by atoms with Crippen molar-refractivity contribution in [2.45, 2.75) is 44.8 Å². The van der Waals surface area contributed by atoms with E-state index in [0.29, 0.717) is 67.2 Å². The normalized spacial score (nSPS) is 13.2. The van der Waals surface area contributed by atoms with Crippen molar-refractivity contribution in [2.24, 2.45) is 0 Å². The summed E-state index contributed by atoms with van der Waals surface area (Å²) in [5, 5.41) is 15.8. The SMILES string of the molecule is C=C.CCOC(=O)CC(Oc1ccc2c(c1)OCC(=O)N2CCCNc1ccccn1)c1ccccc1.O=C(O)CC(Oc1ccc2c(c1)OCC(=O)N2CCCNc1ccccn1)c1ccccc1. The molecule has 0 spiro atoms. The van der Waals surface area contributed by atoms with Gasteiger partial charge in [0.15, 0.2) is 13.2 Å². The Hall–Kier alpha value is -8.40. The first-order valence-corrected chi connectivity index (χ1v) is 23.0. The zero-order valence-electron chi connectivity index (χ0n) is 39.1. The van der Waals surface area contributed by atoms with Gasteiger partial charge in [0.25, 0.3) is 11.8 Å². The van der Waals surface area contributed by atoms with Gasteiger partial charge in [0.05, 0.1) is 30.8 Å². The lowest BCUT2D eigenvalue weighted by atomic mass is 10.1. The van der Waals surface area contributed by atoms with E-state index in [-0.39, 0.29) is 43.8 Å². The summed E-state index contributed by atoms with van der Waals surface area (Å²) >= 11 is 0. The monoisotopic (exact) mass is 950 g/mol. The number of carbonyl (C=O) groups is 4. The third kappa shape index (κ3) is 15.1. The molecule has 2 amide bonds. The van der Waals surface area contributed by atoms with Gasteiger partial charge < -0.3 is 49.2 Å². The average molecular weight is 951 g/mol. The molecule has 364 valence electrons. The second kappa shape index (κ2) is 26.8. The standard InChI is InChI=1S/C27H29N3O5.C25H25N3O5.C2H4/c1-2-33-27(32)18-23(20-9-4-3-5-10-20)35-21-12-13-22-24(17-21)34-19-26(31)30(22)16-8-15-29-25-11-6-7-14-28-25;29-24-17-32-22-15-19(33-21(16-25(30)31)18-7-2-1-3-8-18)10-11-20(22)28(24)14-6-13-27-23-9-4-5-12-26-23;1-2/h3-7,9-14,17,23H,2,8,15-16,18-19H2,1H3,(H,28,29);1-5,7-12,15,21H,6,13-14,16-17H2,(H,26,27)(H,30,31);1-2H2. The average Bonchev–Trinajstić information content (AvgIpc) is 3.39. The summed E-state index contributed by atoms with van der Waals surface area (Å²) in [5.74, 6) is 2.26. The number of hydrogen-bond donors (Lipinski definition) is 3. The van der Waals surface area contributed by atoms with Crippen LogP contribution in [0.3, 0.4) is 0 Å². The minimum atomic E-state index is -0.950. The van der Waals surface area contributed by atoms with Crippen LogP contribution in [0.2, 0.25) is 0 Å². The highest BCUT2D eigenvalue weighted by Crippen LogP contribution is 2.39. The van der Waals surface area contributed by atoms with E-state index in [9.17, 15) is 24.3 Å². The third-order valence-corrected chi connectivity index (χ3v) is 10.7. The molecule has 0 saturated carbocycles. The molecule has 2 unspecified atom stereocenters. The Balaban J connectivity index is 0.000000222. The maximum Gasteiger partial charge on any atom is 0.309 e. The number of benzene rings is 4. The molecular weight excluding hydrogens is 893 g/mol. The fraction of sp³-hybridized carbons (Fsp3) is 0.259. The van der Waals surface area contributed by atoms with E-state index in [1.165, 1.54) is 0 Å². The van der Waals surface area contributed by atoms with E-state index in [4.69, 9.17) is 23.7 Å². The number of carboxylic acid groups (broad SMARTS) is 1. The summed E-state index contributed by atoms with van der Waals surface area (Å²) in [7, 11) is 0. The van der Waals surface area contributed by atoms with Gasteiger partial charge in [-0.1, -0.05) is 72.8 Å². The number of esters is 1. The van der Waals surface area contributed by atoms with Gasteiger partial charge in [-0.25, -0.2) is 9.97 Å². The molecule has 4 heterocycles. The number of carbonyl (C=O) groups excluding carboxylic acids is 3. The van der Waals surface area contributed by atoms with Crippen molar-refractivity contribution in [2.75, 3.05) is 66.4 Å². The van der Waals surface area contributed by atoms with Crippen molar-refractivity contribution in [3.63, 3.8) is 0 Å². The Morgan fingerprint density at radius 3 is 1.50 bits per heavy atom. The van der Waals surface area contributed by atoms with Crippen molar-refractivity contribution in [1.82, 2.24) is 9.97 Å². The maximum absolute atomic E-state index is 12.5. The van der Waals surface area contributed by atoms with Crippen molar-refractivity contribution in [3.8, 4) is 23.0 Å². The van der Waals surface area contributed by atoms with Crippen LogP contribution in [0.25, 0.3) is 0 Å². The number of nitrogens with zero attached hydrogens (tertiary/aromatic N) is 4. The highest BCUT2D eigenvalue weighted by molar-refractivity contribution is 5.98. The number of pyridine rings is 2. The second-order valence-corrected chi connectivity index (χ2v) is 15.6. The van der Waals surface area contributed by atoms with Crippen LogP contribution >= 0.6 is 0 Å². The van der Waals surface area contributed by atoms with Crippen LogP contribution in [0.4, 0.5) is 23.0 Å². The number of ether oxygens (including phenoxy) is 5. The largest absolute Gasteiger partial charge is 0.485 e. The van der Waals surface area contributed by atoms with E-state index >= 15 is 0 Å². The number of aliphatic carboxylic acids is 1. The molecule has 2 atom stereocenters. The number of amides is 2. The van der Waals surface area contributed by atoms with Crippen LogP contribution in [0, 0.1) is 0 Å². The van der Waals surface area contributed by atoms with Crippen molar-refractivity contribution in [1.29, 1.82) is 0 Å². The summed E-state index contributed by atoms with van der Waals surface area (Å²) in [5.41, 5.74) is 3.02. The first-order chi connectivity index (χ1) is 34.2. The van der Waals surface area contributed by atoms with Crippen molar-refractivity contribution in [3.05, 3.63) is 170 Å². The van der Waals surface area contributed by atoms with Crippen molar-refractivity contribution >= 4 is 46.8 Å². The Morgan fingerprint density at radius 2 is 1.09 bits per heavy atom. The van der Waals surface area contributed by atoms with Gasteiger partial charge in [0, 0.05) is 50.7 Å². The van der Waals surface area contributed by atoms with Gasteiger partial charge in [-0.15, -0.1) is 13.2 Å². The molecule has 4 aromatic carbocycles. The molecule has 0 radical (unpaired) electrons. The zero-order chi connectivity index (χ0) is 49.5. The highest BCUT2D eigenvalue weighted by atomic mass is 16.5. The fourth-order valence-corrected chi connectivity index (χ4v) is 7.50. The first-order valence-electron chi connectivity index (χ1n) is 23.0. The molecule has 2 aromatic heterocycles. The van der Waals surface area contributed by atoms with E-state index in [1.54, 1.807) is 59.4 Å². The van der Waals surface area contributed by atoms with Crippen LogP contribution < -0.4 is 39.4 Å². The first kappa shape index (κ1) is 51.0. The number of rotatable bonds is 21. The molecule has 70 heavy (non-hydrogen) atoms. The lowest BCUT2D eigenvalue weighted by Gasteiger charge is -2.30. The zero-order valence-corrected chi connectivity index (χ0v) is 39.1. The lowest BCUT2D eigenvalue weighted by molar-refractivity contribution is -0.145. The number of fused-ring (bicyclic) bond motifs is 2. The van der Waals surface area contributed by atoms with Gasteiger partial charge in [-0.2, -0.15) is 0 Å². The number of aromatic nitrogens is 2. The number of carboxylic acids is 1. The van der Waals surface area contributed by atoms with Crippen LogP contribution in [-0.4, -0.2) is 84.8 Å². The van der Waals surface area contributed by atoms with Crippen molar-refractivity contribution < 1.29 is 48.0 Å². The summed E-state index contributed by atoms with van der Waals surface area (Å²) in [6.45, 7) is 10.4. The van der Waals surface area contributed by atoms with Gasteiger partial charge in [-0.05, 0) is 79.4 Å². The van der Waals surface area contributed by atoms with E-state index < -0.39 is 18.2 Å². The predicted molar refractivity (Wildman–Crippen MR) is 268 cm³/mol. The Kier molecular flexibility index (Phi) is 19.5. The van der Waals surface area contributed by atoms with E-state index in [0.717, 1.165) is 35.6 Å². The fourth-order valence-electron chi connectivity index (χ4n) is 7.50. The van der Waals surface area contributed by atoms with Gasteiger partial charge in [0.2, 0.25) is 0 Å². The van der Waals surface area contributed by atoms with E-state index in [2.05, 4.69) is 33.8 Å². The van der Waals surface area contributed by atoms with Crippen LogP contribution in [0.5, 0.6) is 23.0 Å². The van der Waals surface area contributed by atoms with Gasteiger partial charge in [0.1, 0.15) is 46.8 Å². The summed E-state index contributed by atoms with van der Waals surface area (Å²) in [4.78, 5) is 60.4. The molecule has 0 bridgehead atoms. The number of anilines is 4. The quantitative estimate of drug-likeness (QED) is 0.0352. The Bertz CT molecular complexity index is 2590. The minimum Gasteiger partial charge on any atom is -0.485 e. The van der Waals surface area contributed by atoms with E-state index in [1.807, 2.05) is 103 Å². The second-order valence-electron chi connectivity index (χ2n) is 15.6. The minimum absolute atomic E-state index is 0.0327. The molecule has 0 aliphatic carbocycles. The molecule has 0 saturated heterocycles. The Labute approximate surface area is 407 Å². The molecule has 2 aliphatic heterocycles. The molecule has 8 rings (SSSR count). The topological polar surface area (TPSA) is 191 Å². The maximum atomic E-state index is 12.5. The smallest absolute Gasteiger partial charge is 0.309 e. The Morgan fingerprint density at radius 1 is 0.643 bits per heavy atom. The molecule has 0 fully saturated rings. The molecule has 2 aliphatic rings. The third-order valence-electron chi connectivity index (χ3n) is 10.7. The molecule has 3 N–H and O–H groups in total. The number of hydrogen-bond acceptors (Lipinski definition) is 13. The van der Waals surface area contributed by atoms with Crippen LogP contribution in [0.1, 0.15) is 55.9 Å². The summed E-state index contributed by atoms with van der Waals surface area (Å²) in [6, 6.07) is 40.7. The summed E-state index contributed by atoms with van der Waals surface area (Å²) in [6.07, 6.45) is 3.71. The molecule has 16 heteroatoms. The molecule has 6 aromatic rings. The molecule has 16 nitrogen and oxygen atoms in total. The highest BCUT2D eigenvalue weighted by Gasteiger charge is 2.28. The van der Waals surface area contributed by atoms with Crippen LogP contribution in [0.15, 0.2) is 159 Å². The van der Waals surface area contributed by atoms with Gasteiger partial charge >= 0.3 is 11.9 Å². The van der Waals surface area contributed by atoms with Gasteiger partial charge in [-0.3, -0.25) is 19.2 Å². The lowest BCUT2D eigenvalue weighted by Crippen LogP contribution is -2.39. The van der Waals surface area contributed by atoms with Crippen LogP contribution in [-0.2, 0) is 23.9 Å².